The molecular formula is C18H12ClFN2O2S. The topological polar surface area (TPSA) is 58.2 Å². The molecule has 126 valence electrons. The van der Waals surface area contributed by atoms with Crippen molar-refractivity contribution in [1.29, 1.82) is 0 Å². The summed E-state index contributed by atoms with van der Waals surface area (Å²) < 4.78 is 13.4. The van der Waals surface area contributed by atoms with Gasteiger partial charge in [-0.2, -0.15) is 0 Å². The highest BCUT2D eigenvalue weighted by molar-refractivity contribution is 7.12. The summed E-state index contributed by atoms with van der Waals surface area (Å²) >= 11 is 6.95. The van der Waals surface area contributed by atoms with Crippen LogP contribution < -0.4 is 10.6 Å². The summed E-state index contributed by atoms with van der Waals surface area (Å²) in [4.78, 5) is 24.9. The Morgan fingerprint density at radius 3 is 2.40 bits per heavy atom. The second kappa shape index (κ2) is 7.46. The molecule has 1 aromatic heterocycles. The molecule has 0 fully saturated rings. The van der Waals surface area contributed by atoms with E-state index in [1.807, 2.05) is 5.38 Å². The van der Waals surface area contributed by atoms with E-state index in [4.69, 9.17) is 11.6 Å². The second-order valence-electron chi connectivity index (χ2n) is 5.10. The number of nitrogens with one attached hydrogen (secondary N) is 2. The summed E-state index contributed by atoms with van der Waals surface area (Å²) in [6, 6.07) is 14.0. The molecule has 0 aliphatic rings. The molecule has 0 bridgehead atoms. The van der Waals surface area contributed by atoms with Crippen LogP contribution in [0.1, 0.15) is 20.0 Å². The Morgan fingerprint density at radius 2 is 1.68 bits per heavy atom. The molecule has 3 aromatic rings. The van der Waals surface area contributed by atoms with Crippen LogP contribution in [0.25, 0.3) is 0 Å². The summed E-state index contributed by atoms with van der Waals surface area (Å²) in [5, 5.41) is 7.11. The minimum atomic E-state index is -0.614. The van der Waals surface area contributed by atoms with Gasteiger partial charge in [0.05, 0.1) is 9.90 Å². The molecule has 0 spiro atoms. The zero-order valence-corrected chi connectivity index (χ0v) is 14.3. The summed E-state index contributed by atoms with van der Waals surface area (Å²) in [5.41, 5.74) is 1.12. The van der Waals surface area contributed by atoms with Gasteiger partial charge in [-0.1, -0.05) is 23.7 Å². The van der Waals surface area contributed by atoms with Crippen molar-refractivity contribution in [3.8, 4) is 0 Å². The van der Waals surface area contributed by atoms with E-state index in [0.717, 1.165) is 6.07 Å². The van der Waals surface area contributed by atoms with Crippen LogP contribution in [0.5, 0.6) is 0 Å². The Hall–Kier alpha value is -2.70. The minimum absolute atomic E-state index is 0.0173. The van der Waals surface area contributed by atoms with Gasteiger partial charge in [-0.05, 0) is 47.8 Å². The molecular weight excluding hydrogens is 363 g/mol. The highest BCUT2D eigenvalue weighted by Crippen LogP contribution is 2.20. The van der Waals surface area contributed by atoms with Crippen molar-refractivity contribution in [2.24, 2.45) is 0 Å². The third-order valence-corrected chi connectivity index (χ3v) is 4.48. The monoisotopic (exact) mass is 374 g/mol. The highest BCUT2D eigenvalue weighted by atomic mass is 35.5. The lowest BCUT2D eigenvalue weighted by Gasteiger charge is -2.08. The molecule has 25 heavy (non-hydrogen) atoms. The molecule has 0 saturated heterocycles. The van der Waals surface area contributed by atoms with Crippen molar-refractivity contribution in [2.75, 3.05) is 10.6 Å². The van der Waals surface area contributed by atoms with E-state index in [-0.39, 0.29) is 10.9 Å². The van der Waals surface area contributed by atoms with Gasteiger partial charge in [-0.15, -0.1) is 11.3 Å². The first-order valence-electron chi connectivity index (χ1n) is 7.24. The van der Waals surface area contributed by atoms with Crippen LogP contribution in [-0.2, 0) is 0 Å². The van der Waals surface area contributed by atoms with Crippen molar-refractivity contribution in [2.45, 2.75) is 0 Å². The van der Waals surface area contributed by atoms with Gasteiger partial charge in [0.2, 0.25) is 0 Å². The smallest absolute Gasteiger partial charge is 0.265 e. The van der Waals surface area contributed by atoms with Gasteiger partial charge in [0, 0.05) is 16.9 Å². The lowest BCUT2D eigenvalue weighted by Crippen LogP contribution is -2.14. The first kappa shape index (κ1) is 17.1. The molecule has 4 nitrogen and oxygen atoms in total. The van der Waals surface area contributed by atoms with Crippen LogP contribution in [0.3, 0.4) is 0 Å². The fraction of sp³-hybridized carbons (Fsp3) is 0. The van der Waals surface area contributed by atoms with Crippen LogP contribution in [-0.4, -0.2) is 11.8 Å². The Balaban J connectivity index is 1.73. The summed E-state index contributed by atoms with van der Waals surface area (Å²) in [6.07, 6.45) is 0. The molecule has 2 aromatic carbocycles. The van der Waals surface area contributed by atoms with E-state index in [9.17, 15) is 14.0 Å². The molecule has 7 heteroatoms. The predicted octanol–water partition coefficient (Wildman–Crippen LogP) is 5.05. The van der Waals surface area contributed by atoms with E-state index >= 15 is 0 Å². The van der Waals surface area contributed by atoms with E-state index in [2.05, 4.69) is 10.6 Å². The number of amides is 2. The summed E-state index contributed by atoms with van der Waals surface area (Å²) in [5.74, 6) is -1.28. The maximum Gasteiger partial charge on any atom is 0.265 e. The van der Waals surface area contributed by atoms with Gasteiger partial charge in [0.15, 0.2) is 0 Å². The Labute approximate surface area is 152 Å². The Morgan fingerprint density at radius 1 is 0.920 bits per heavy atom. The van der Waals surface area contributed by atoms with Gasteiger partial charge >= 0.3 is 0 Å². The zero-order chi connectivity index (χ0) is 17.8. The molecule has 2 amide bonds. The van der Waals surface area contributed by atoms with Crippen LogP contribution >= 0.6 is 22.9 Å². The van der Waals surface area contributed by atoms with Gasteiger partial charge in [-0.3, -0.25) is 9.59 Å². The fourth-order valence-electron chi connectivity index (χ4n) is 2.12. The van der Waals surface area contributed by atoms with Gasteiger partial charge in [0.25, 0.3) is 11.8 Å². The average Bonchev–Trinajstić information content (AvgIpc) is 3.13. The van der Waals surface area contributed by atoms with Crippen LogP contribution in [0.15, 0.2) is 60.0 Å². The molecule has 0 radical (unpaired) electrons. The number of halogens is 2. The maximum atomic E-state index is 13.4. The number of carbonyl (C=O) groups is 2. The standard InChI is InChI=1S/C18H12ClFN2O2S/c19-14-7-6-13(10-15(14)20)21-17(23)11-3-1-4-12(9-11)22-18(24)16-5-2-8-25-16/h1-10H,(H,21,23)(H,22,24). The van der Waals surface area contributed by atoms with Crippen molar-refractivity contribution in [3.63, 3.8) is 0 Å². The van der Waals surface area contributed by atoms with E-state index in [1.165, 1.54) is 23.5 Å². The van der Waals surface area contributed by atoms with Crippen LogP contribution in [0.2, 0.25) is 5.02 Å². The van der Waals surface area contributed by atoms with E-state index < -0.39 is 11.7 Å². The van der Waals surface area contributed by atoms with Gasteiger partial charge in [0.1, 0.15) is 5.82 Å². The molecule has 3 rings (SSSR count). The largest absolute Gasteiger partial charge is 0.322 e. The van der Waals surface area contributed by atoms with Crippen molar-refractivity contribution in [1.82, 2.24) is 0 Å². The molecule has 0 atom stereocenters. The lowest BCUT2D eigenvalue weighted by molar-refractivity contribution is 0.101. The normalized spacial score (nSPS) is 10.3. The Bertz CT molecular complexity index is 929. The number of anilines is 2. The van der Waals surface area contributed by atoms with Gasteiger partial charge < -0.3 is 10.6 Å². The number of thiophene rings is 1. The predicted molar refractivity (Wildman–Crippen MR) is 98.1 cm³/mol. The number of carbonyl (C=O) groups excluding carboxylic acids is 2. The molecule has 0 aliphatic heterocycles. The van der Waals surface area contributed by atoms with Gasteiger partial charge in [-0.25, -0.2) is 4.39 Å². The molecule has 0 unspecified atom stereocenters. The molecule has 0 saturated carbocycles. The molecule has 2 N–H and O–H groups in total. The molecule has 1 heterocycles. The first-order chi connectivity index (χ1) is 12.0. The average molecular weight is 375 g/mol. The third-order valence-electron chi connectivity index (χ3n) is 3.31. The van der Waals surface area contributed by atoms with Crippen molar-refractivity contribution >= 4 is 46.1 Å². The maximum absolute atomic E-state index is 13.4. The zero-order valence-electron chi connectivity index (χ0n) is 12.8. The number of hydrogen-bond acceptors (Lipinski definition) is 3. The molecule has 0 aliphatic carbocycles. The van der Waals surface area contributed by atoms with Crippen molar-refractivity contribution < 1.29 is 14.0 Å². The van der Waals surface area contributed by atoms with Crippen molar-refractivity contribution in [3.05, 3.63) is 81.3 Å². The minimum Gasteiger partial charge on any atom is -0.322 e. The first-order valence-corrected chi connectivity index (χ1v) is 8.50. The third kappa shape index (κ3) is 4.23. The van der Waals surface area contributed by atoms with E-state index in [1.54, 1.807) is 36.4 Å². The van der Waals surface area contributed by atoms with Crippen LogP contribution in [0, 0.1) is 5.82 Å². The summed E-state index contributed by atoms with van der Waals surface area (Å²) in [7, 11) is 0. The SMILES string of the molecule is O=C(Nc1ccc(Cl)c(F)c1)c1cccc(NC(=O)c2cccs2)c1. The number of hydrogen-bond donors (Lipinski definition) is 2. The van der Waals surface area contributed by atoms with Crippen LogP contribution in [0.4, 0.5) is 15.8 Å². The lowest BCUT2D eigenvalue weighted by atomic mass is 10.1. The number of benzene rings is 2. The highest BCUT2D eigenvalue weighted by Gasteiger charge is 2.11. The number of rotatable bonds is 4. The van der Waals surface area contributed by atoms with E-state index in [0.29, 0.717) is 21.8 Å². The second-order valence-corrected chi connectivity index (χ2v) is 6.45. The fourth-order valence-corrected chi connectivity index (χ4v) is 2.85. The quantitative estimate of drug-likeness (QED) is 0.671. The Kier molecular flexibility index (Phi) is 5.11. The summed E-state index contributed by atoms with van der Waals surface area (Å²) in [6.45, 7) is 0.